The van der Waals surface area contributed by atoms with Crippen LogP contribution in [0.2, 0.25) is 0 Å². The zero-order valence-corrected chi connectivity index (χ0v) is 12.3. The van der Waals surface area contributed by atoms with Crippen molar-refractivity contribution in [1.29, 1.82) is 0 Å². The lowest BCUT2D eigenvalue weighted by Crippen LogP contribution is -2.22. The number of rotatable bonds is 8. The first-order valence-corrected chi connectivity index (χ1v) is 7.10. The summed E-state index contributed by atoms with van der Waals surface area (Å²) >= 11 is 0. The van der Waals surface area contributed by atoms with Gasteiger partial charge in [-0.05, 0) is 69.1 Å². The van der Waals surface area contributed by atoms with E-state index in [2.05, 4.69) is 49.6 Å². The van der Waals surface area contributed by atoms with Crippen molar-refractivity contribution >= 4 is 0 Å². The van der Waals surface area contributed by atoms with Gasteiger partial charge < -0.3 is 10.6 Å². The Labute approximate surface area is 112 Å². The first kappa shape index (κ1) is 15.2. The van der Waals surface area contributed by atoms with Crippen LogP contribution in [-0.2, 0) is 6.42 Å². The van der Waals surface area contributed by atoms with Crippen molar-refractivity contribution in [1.82, 2.24) is 10.6 Å². The molecule has 0 bridgehead atoms. The third-order valence-electron chi connectivity index (χ3n) is 3.39. The molecular formula is C16H28N2. The van der Waals surface area contributed by atoms with E-state index in [1.165, 1.54) is 23.1 Å². The van der Waals surface area contributed by atoms with Crippen molar-refractivity contribution in [2.45, 2.75) is 39.5 Å². The Kier molecular flexibility index (Phi) is 6.99. The van der Waals surface area contributed by atoms with Gasteiger partial charge in [-0.15, -0.1) is 0 Å². The number of hydrogen-bond donors (Lipinski definition) is 2. The molecule has 0 spiro atoms. The quantitative estimate of drug-likeness (QED) is 0.691. The molecule has 0 saturated heterocycles. The Morgan fingerprint density at radius 3 is 2.56 bits per heavy atom. The monoisotopic (exact) mass is 248 g/mol. The second-order valence-corrected chi connectivity index (χ2v) is 5.30. The van der Waals surface area contributed by atoms with E-state index < -0.39 is 0 Å². The van der Waals surface area contributed by atoms with Crippen LogP contribution >= 0.6 is 0 Å². The molecule has 0 heterocycles. The molecule has 0 fully saturated rings. The normalized spacial score (nSPS) is 11.2. The van der Waals surface area contributed by atoms with Crippen LogP contribution in [0.25, 0.3) is 0 Å². The summed E-state index contributed by atoms with van der Waals surface area (Å²) in [5, 5.41) is 6.67. The van der Waals surface area contributed by atoms with Gasteiger partial charge in [0.05, 0.1) is 0 Å². The summed E-state index contributed by atoms with van der Waals surface area (Å²) < 4.78 is 0. The Bertz CT molecular complexity index is 345. The largest absolute Gasteiger partial charge is 0.320 e. The van der Waals surface area contributed by atoms with Gasteiger partial charge in [-0.1, -0.05) is 32.0 Å². The Balaban J connectivity index is 2.39. The van der Waals surface area contributed by atoms with Gasteiger partial charge in [-0.25, -0.2) is 0 Å². The van der Waals surface area contributed by atoms with Crippen molar-refractivity contribution < 1.29 is 0 Å². The third kappa shape index (κ3) is 5.19. The topological polar surface area (TPSA) is 24.1 Å². The molecule has 0 aromatic heterocycles. The predicted octanol–water partition coefficient (Wildman–Crippen LogP) is 2.86. The van der Waals surface area contributed by atoms with Crippen LogP contribution in [0, 0.1) is 6.92 Å². The van der Waals surface area contributed by atoms with Gasteiger partial charge in [0, 0.05) is 0 Å². The highest BCUT2D eigenvalue weighted by Gasteiger charge is 2.03. The fourth-order valence-electron chi connectivity index (χ4n) is 2.06. The molecule has 0 aliphatic carbocycles. The van der Waals surface area contributed by atoms with Crippen LogP contribution in [0.3, 0.4) is 0 Å². The summed E-state index contributed by atoms with van der Waals surface area (Å²) in [5.41, 5.74) is 4.35. The van der Waals surface area contributed by atoms with Crippen LogP contribution in [0.5, 0.6) is 0 Å². The van der Waals surface area contributed by atoms with Crippen molar-refractivity contribution in [3.63, 3.8) is 0 Å². The van der Waals surface area contributed by atoms with Crippen molar-refractivity contribution in [3.8, 4) is 0 Å². The molecule has 0 amide bonds. The standard InChI is InChI=1S/C16H28N2/c1-13(2)15-7-6-14(3)16(12-15)8-11-18-10-5-9-17-4/h6-7,12-13,17-18H,5,8-11H2,1-4H3. The van der Waals surface area contributed by atoms with Crippen molar-refractivity contribution in [3.05, 3.63) is 34.9 Å². The minimum Gasteiger partial charge on any atom is -0.320 e. The minimum atomic E-state index is 0.618. The first-order chi connectivity index (χ1) is 8.65. The number of benzene rings is 1. The highest BCUT2D eigenvalue weighted by molar-refractivity contribution is 5.32. The maximum atomic E-state index is 3.50. The molecule has 1 aromatic carbocycles. The van der Waals surface area contributed by atoms with Crippen LogP contribution < -0.4 is 10.6 Å². The molecule has 2 nitrogen and oxygen atoms in total. The third-order valence-corrected chi connectivity index (χ3v) is 3.39. The molecule has 1 aromatic rings. The lowest BCUT2D eigenvalue weighted by Gasteiger charge is -2.12. The second-order valence-electron chi connectivity index (χ2n) is 5.30. The molecule has 0 aliphatic rings. The molecule has 2 heteroatoms. The molecule has 0 atom stereocenters. The van der Waals surface area contributed by atoms with Crippen molar-refractivity contribution in [2.75, 3.05) is 26.7 Å². The zero-order chi connectivity index (χ0) is 13.4. The molecule has 2 N–H and O–H groups in total. The van der Waals surface area contributed by atoms with Gasteiger partial charge in [-0.2, -0.15) is 0 Å². The van der Waals surface area contributed by atoms with E-state index in [1.807, 2.05) is 7.05 Å². The summed E-state index contributed by atoms with van der Waals surface area (Å²) in [6, 6.07) is 6.88. The average molecular weight is 248 g/mol. The smallest absolute Gasteiger partial charge is 0.000824 e. The van der Waals surface area contributed by atoms with E-state index in [0.29, 0.717) is 5.92 Å². The van der Waals surface area contributed by atoms with E-state index in [1.54, 1.807) is 0 Å². The summed E-state index contributed by atoms with van der Waals surface area (Å²) in [6.45, 7) is 9.99. The predicted molar refractivity (Wildman–Crippen MR) is 80.4 cm³/mol. The van der Waals surface area contributed by atoms with Gasteiger partial charge in [0.25, 0.3) is 0 Å². The van der Waals surface area contributed by atoms with Gasteiger partial charge >= 0.3 is 0 Å². The van der Waals surface area contributed by atoms with E-state index in [0.717, 1.165) is 26.1 Å². The van der Waals surface area contributed by atoms with Crippen LogP contribution in [0.4, 0.5) is 0 Å². The molecule has 1 rings (SSSR count). The highest BCUT2D eigenvalue weighted by atomic mass is 14.9. The number of hydrogen-bond acceptors (Lipinski definition) is 2. The molecule has 0 unspecified atom stereocenters. The molecule has 0 aliphatic heterocycles. The number of nitrogens with one attached hydrogen (secondary N) is 2. The minimum absolute atomic E-state index is 0.618. The van der Waals surface area contributed by atoms with Crippen molar-refractivity contribution in [2.24, 2.45) is 0 Å². The second kappa shape index (κ2) is 8.28. The molecular weight excluding hydrogens is 220 g/mol. The number of aryl methyl sites for hydroxylation is 1. The van der Waals surface area contributed by atoms with Crippen LogP contribution in [-0.4, -0.2) is 26.7 Å². The van der Waals surface area contributed by atoms with E-state index in [-0.39, 0.29) is 0 Å². The Morgan fingerprint density at radius 2 is 1.89 bits per heavy atom. The Hall–Kier alpha value is -0.860. The van der Waals surface area contributed by atoms with Crippen LogP contribution in [0.15, 0.2) is 18.2 Å². The van der Waals surface area contributed by atoms with Gasteiger partial charge in [0.2, 0.25) is 0 Å². The zero-order valence-electron chi connectivity index (χ0n) is 12.3. The van der Waals surface area contributed by atoms with E-state index in [9.17, 15) is 0 Å². The molecule has 18 heavy (non-hydrogen) atoms. The van der Waals surface area contributed by atoms with E-state index in [4.69, 9.17) is 0 Å². The van der Waals surface area contributed by atoms with Crippen LogP contribution in [0.1, 0.15) is 42.9 Å². The fraction of sp³-hybridized carbons (Fsp3) is 0.625. The van der Waals surface area contributed by atoms with Gasteiger partial charge in [-0.3, -0.25) is 0 Å². The maximum absolute atomic E-state index is 3.50. The first-order valence-electron chi connectivity index (χ1n) is 7.10. The fourth-order valence-corrected chi connectivity index (χ4v) is 2.06. The lowest BCUT2D eigenvalue weighted by molar-refractivity contribution is 0.624. The van der Waals surface area contributed by atoms with Gasteiger partial charge in [0.15, 0.2) is 0 Å². The van der Waals surface area contributed by atoms with E-state index >= 15 is 0 Å². The molecule has 0 saturated carbocycles. The van der Waals surface area contributed by atoms with Gasteiger partial charge in [0.1, 0.15) is 0 Å². The Morgan fingerprint density at radius 1 is 1.11 bits per heavy atom. The summed E-state index contributed by atoms with van der Waals surface area (Å²) in [6.07, 6.45) is 2.33. The highest BCUT2D eigenvalue weighted by Crippen LogP contribution is 2.18. The SMILES string of the molecule is CNCCCNCCc1cc(C(C)C)ccc1C. The maximum Gasteiger partial charge on any atom is -0.000824 e. The average Bonchev–Trinajstić information content (AvgIpc) is 2.35. The molecule has 0 radical (unpaired) electrons. The summed E-state index contributed by atoms with van der Waals surface area (Å²) in [7, 11) is 2.00. The lowest BCUT2D eigenvalue weighted by atomic mass is 9.96. The summed E-state index contributed by atoms with van der Waals surface area (Å²) in [5.74, 6) is 0.618. The molecule has 102 valence electrons. The summed E-state index contributed by atoms with van der Waals surface area (Å²) in [4.78, 5) is 0.